The van der Waals surface area contributed by atoms with Gasteiger partial charge in [0, 0.05) is 13.1 Å². The van der Waals surface area contributed by atoms with E-state index in [2.05, 4.69) is 0 Å². The summed E-state index contributed by atoms with van der Waals surface area (Å²) in [5.74, 6) is 0. The average molecular weight is 204 g/mol. The Balaban J connectivity index is 4.44. The lowest BCUT2D eigenvalue weighted by molar-refractivity contribution is 0.00377. The zero-order chi connectivity index (χ0) is 11.1. The third-order valence-corrected chi connectivity index (χ3v) is 1.76. The van der Waals surface area contributed by atoms with Gasteiger partial charge in [0.1, 0.15) is 0 Å². The summed E-state index contributed by atoms with van der Waals surface area (Å²) in [6.07, 6.45) is -1.01. The predicted molar refractivity (Wildman–Crippen MR) is 50.0 cm³/mol. The van der Waals surface area contributed by atoms with Crippen LogP contribution >= 0.6 is 0 Å². The first kappa shape index (κ1) is 12.5. The van der Waals surface area contributed by atoms with Gasteiger partial charge in [-0.1, -0.05) is 13.3 Å². The first-order chi connectivity index (χ1) is 6.54. The Labute approximate surface area is 82.7 Å². The Morgan fingerprint density at radius 3 is 1.86 bits per heavy atom. The van der Waals surface area contributed by atoms with Crippen LogP contribution in [-0.2, 0) is 0 Å². The van der Waals surface area contributed by atoms with Crippen molar-refractivity contribution in [2.24, 2.45) is 0 Å². The summed E-state index contributed by atoms with van der Waals surface area (Å²) in [4.78, 5) is 21.4. The summed E-state index contributed by atoms with van der Waals surface area (Å²) >= 11 is 0. The molecule has 0 aromatic heterocycles. The minimum Gasteiger partial charge on any atom is -0.464 e. The fourth-order valence-corrected chi connectivity index (χ4v) is 1.04. The molecule has 14 heavy (non-hydrogen) atoms. The van der Waals surface area contributed by atoms with E-state index in [1.807, 2.05) is 6.92 Å². The number of unbranched alkanes of at least 4 members (excludes halogenated alkanes) is 1. The van der Waals surface area contributed by atoms with Gasteiger partial charge in [0.25, 0.3) is 0 Å². The molecule has 0 aromatic rings. The van der Waals surface area contributed by atoms with Crippen molar-refractivity contribution in [3.05, 3.63) is 0 Å². The standard InChI is InChI=1S/C8H16N2O4/c1-3-5-6-10(8(13)14)9(4-2)7(11)12/h3-6H2,1-2H3,(H,11,12)(H,13,14). The number of rotatable bonds is 4. The van der Waals surface area contributed by atoms with Crippen molar-refractivity contribution in [3.63, 3.8) is 0 Å². The zero-order valence-electron chi connectivity index (χ0n) is 8.43. The molecule has 0 atom stereocenters. The van der Waals surface area contributed by atoms with Gasteiger partial charge >= 0.3 is 12.2 Å². The van der Waals surface area contributed by atoms with Crippen molar-refractivity contribution in [3.8, 4) is 0 Å². The van der Waals surface area contributed by atoms with Crippen molar-refractivity contribution in [1.29, 1.82) is 0 Å². The van der Waals surface area contributed by atoms with E-state index < -0.39 is 12.2 Å². The van der Waals surface area contributed by atoms with Crippen molar-refractivity contribution in [2.75, 3.05) is 13.1 Å². The largest absolute Gasteiger partial charge is 0.464 e. The second-order valence-corrected chi connectivity index (χ2v) is 2.76. The number of hydrogen-bond donors (Lipinski definition) is 2. The number of carboxylic acid groups (broad SMARTS) is 2. The van der Waals surface area contributed by atoms with Gasteiger partial charge in [0.05, 0.1) is 0 Å². The highest BCUT2D eigenvalue weighted by Crippen LogP contribution is 2.02. The first-order valence-electron chi connectivity index (χ1n) is 4.55. The van der Waals surface area contributed by atoms with E-state index in [9.17, 15) is 9.59 Å². The maximum absolute atomic E-state index is 10.7. The van der Waals surface area contributed by atoms with Gasteiger partial charge in [-0.05, 0) is 13.3 Å². The summed E-state index contributed by atoms with van der Waals surface area (Å²) in [6.45, 7) is 3.85. The van der Waals surface area contributed by atoms with Crippen LogP contribution in [0.25, 0.3) is 0 Å². The van der Waals surface area contributed by atoms with Crippen LogP contribution in [0.1, 0.15) is 26.7 Å². The number of nitrogens with zero attached hydrogens (tertiary/aromatic N) is 2. The number of amides is 2. The Morgan fingerprint density at radius 1 is 1.07 bits per heavy atom. The molecule has 0 aliphatic rings. The van der Waals surface area contributed by atoms with E-state index in [1.165, 1.54) is 0 Å². The summed E-state index contributed by atoms with van der Waals surface area (Å²) in [6, 6.07) is 0. The number of hydrogen-bond acceptors (Lipinski definition) is 2. The summed E-state index contributed by atoms with van der Waals surface area (Å²) in [7, 11) is 0. The van der Waals surface area contributed by atoms with Gasteiger partial charge in [-0.15, -0.1) is 0 Å². The predicted octanol–water partition coefficient (Wildman–Crippen LogP) is 1.68. The number of carbonyl (C=O) groups is 2. The molecule has 0 aromatic carbocycles. The molecule has 0 saturated carbocycles. The van der Waals surface area contributed by atoms with Gasteiger partial charge < -0.3 is 10.2 Å². The molecule has 6 heteroatoms. The van der Waals surface area contributed by atoms with E-state index in [1.54, 1.807) is 6.92 Å². The van der Waals surface area contributed by atoms with E-state index in [-0.39, 0.29) is 13.1 Å². The highest BCUT2D eigenvalue weighted by molar-refractivity contribution is 5.71. The average Bonchev–Trinajstić information content (AvgIpc) is 2.10. The molecule has 82 valence electrons. The smallest absolute Gasteiger partial charge is 0.426 e. The monoisotopic (exact) mass is 204 g/mol. The molecule has 0 fully saturated rings. The lowest BCUT2D eigenvalue weighted by Gasteiger charge is -2.29. The van der Waals surface area contributed by atoms with Crippen LogP contribution in [0.15, 0.2) is 0 Å². The molecule has 0 rings (SSSR count). The minimum atomic E-state index is -1.24. The molecule has 6 nitrogen and oxygen atoms in total. The van der Waals surface area contributed by atoms with Crippen LogP contribution in [0.5, 0.6) is 0 Å². The molecule has 0 heterocycles. The molecular weight excluding hydrogens is 188 g/mol. The normalized spacial score (nSPS) is 9.57. The molecule has 0 aliphatic carbocycles. The van der Waals surface area contributed by atoms with E-state index >= 15 is 0 Å². The molecule has 0 saturated heterocycles. The lowest BCUT2D eigenvalue weighted by atomic mass is 10.3. The zero-order valence-corrected chi connectivity index (χ0v) is 8.43. The Bertz CT molecular complexity index is 208. The minimum absolute atomic E-state index is 0.130. The third-order valence-electron chi connectivity index (χ3n) is 1.76. The quantitative estimate of drug-likeness (QED) is 0.682. The van der Waals surface area contributed by atoms with Crippen molar-refractivity contribution in [1.82, 2.24) is 10.0 Å². The van der Waals surface area contributed by atoms with Gasteiger partial charge in [0.15, 0.2) is 0 Å². The molecule has 0 bridgehead atoms. The van der Waals surface area contributed by atoms with Crippen LogP contribution in [0, 0.1) is 0 Å². The second kappa shape index (κ2) is 6.06. The summed E-state index contributed by atoms with van der Waals surface area (Å²) in [5.41, 5.74) is 0. The molecule has 0 radical (unpaired) electrons. The topological polar surface area (TPSA) is 81.1 Å². The van der Waals surface area contributed by atoms with Crippen LogP contribution in [0.2, 0.25) is 0 Å². The summed E-state index contributed by atoms with van der Waals surface area (Å²) < 4.78 is 0. The van der Waals surface area contributed by atoms with Crippen LogP contribution in [0.4, 0.5) is 9.59 Å². The fourth-order valence-electron chi connectivity index (χ4n) is 1.04. The Morgan fingerprint density at radius 2 is 1.57 bits per heavy atom. The highest BCUT2D eigenvalue weighted by atomic mass is 16.4. The van der Waals surface area contributed by atoms with Gasteiger partial charge in [-0.25, -0.2) is 19.6 Å². The van der Waals surface area contributed by atoms with Gasteiger partial charge in [-0.3, -0.25) is 0 Å². The Hall–Kier alpha value is -1.46. The molecule has 2 amide bonds. The van der Waals surface area contributed by atoms with Gasteiger partial charge in [-0.2, -0.15) is 0 Å². The van der Waals surface area contributed by atoms with E-state index in [4.69, 9.17) is 10.2 Å². The second-order valence-electron chi connectivity index (χ2n) is 2.76. The Kier molecular flexibility index (Phi) is 5.43. The fraction of sp³-hybridized carbons (Fsp3) is 0.750. The molecule has 0 aliphatic heterocycles. The highest BCUT2D eigenvalue weighted by Gasteiger charge is 2.22. The lowest BCUT2D eigenvalue weighted by Crippen LogP contribution is -2.49. The van der Waals surface area contributed by atoms with Crippen LogP contribution < -0.4 is 0 Å². The van der Waals surface area contributed by atoms with Crippen LogP contribution in [-0.4, -0.2) is 45.5 Å². The SMILES string of the molecule is CCCCN(C(=O)O)N(CC)C(=O)O. The molecule has 2 N–H and O–H groups in total. The van der Waals surface area contributed by atoms with Crippen LogP contribution in [0.3, 0.4) is 0 Å². The van der Waals surface area contributed by atoms with E-state index in [0.717, 1.165) is 16.4 Å². The van der Waals surface area contributed by atoms with Gasteiger partial charge in [0.2, 0.25) is 0 Å². The van der Waals surface area contributed by atoms with Crippen molar-refractivity contribution in [2.45, 2.75) is 26.7 Å². The molecule has 0 spiro atoms. The summed E-state index contributed by atoms with van der Waals surface area (Å²) in [5, 5.41) is 19.1. The molecular formula is C8H16N2O4. The first-order valence-corrected chi connectivity index (χ1v) is 4.55. The van der Waals surface area contributed by atoms with E-state index in [0.29, 0.717) is 6.42 Å². The molecule has 0 unspecified atom stereocenters. The maximum atomic E-state index is 10.7. The van der Waals surface area contributed by atoms with Crippen molar-refractivity contribution < 1.29 is 19.8 Å². The number of hydrazine groups is 1. The maximum Gasteiger partial charge on any atom is 0.426 e. The third kappa shape index (κ3) is 3.51. The van der Waals surface area contributed by atoms with Crippen molar-refractivity contribution >= 4 is 12.2 Å².